The number of benzene rings is 1. The number of rotatable bonds is 4. The minimum Gasteiger partial charge on any atom is -0.389 e. The lowest BCUT2D eigenvalue weighted by Gasteiger charge is -2.38. The molecule has 1 aromatic rings. The first-order valence-electron chi connectivity index (χ1n) is 6.00. The fourth-order valence-corrected chi connectivity index (χ4v) is 2.14. The molecular formula is C13H19NO4. The summed E-state index contributed by atoms with van der Waals surface area (Å²) in [5.74, 6) is 0. The summed E-state index contributed by atoms with van der Waals surface area (Å²) in [6.45, 7) is 0.711. The van der Waals surface area contributed by atoms with Gasteiger partial charge in [0.15, 0.2) is 6.29 Å². The van der Waals surface area contributed by atoms with Crippen molar-refractivity contribution >= 4 is 0 Å². The molecule has 1 saturated heterocycles. The molecule has 0 amide bonds. The minimum atomic E-state index is -1.01. The highest BCUT2D eigenvalue weighted by Crippen LogP contribution is 2.17. The Balaban J connectivity index is 1.97. The molecule has 0 bridgehead atoms. The molecule has 0 aliphatic carbocycles. The molecule has 5 heteroatoms. The Labute approximate surface area is 106 Å². The van der Waals surface area contributed by atoms with E-state index in [1.54, 1.807) is 0 Å². The summed E-state index contributed by atoms with van der Waals surface area (Å²) >= 11 is 0. The predicted molar refractivity (Wildman–Crippen MR) is 65.8 cm³/mol. The van der Waals surface area contributed by atoms with Gasteiger partial charge in [-0.2, -0.15) is 0 Å². The maximum atomic E-state index is 9.89. The van der Waals surface area contributed by atoms with E-state index in [4.69, 9.17) is 9.47 Å². The topological polar surface area (TPSA) is 71.0 Å². The molecule has 1 aromatic carbocycles. The summed E-state index contributed by atoms with van der Waals surface area (Å²) in [5, 5.41) is 22.7. The standard InChI is InChI=1S/C13H19NO4/c1-17-12-11(10(15)8-18-13(12)16)14-7-9-5-3-2-4-6-9/h2-6,10-16H,7-8H2,1H3/t10-,11+,12-,13-/m1/s1. The number of ether oxygens (including phenoxy) is 2. The Morgan fingerprint density at radius 3 is 2.72 bits per heavy atom. The van der Waals surface area contributed by atoms with Crippen LogP contribution in [0.3, 0.4) is 0 Å². The highest BCUT2D eigenvalue weighted by atomic mass is 16.6. The van der Waals surface area contributed by atoms with Crippen LogP contribution in [0.5, 0.6) is 0 Å². The van der Waals surface area contributed by atoms with E-state index in [-0.39, 0.29) is 12.6 Å². The van der Waals surface area contributed by atoms with Crippen molar-refractivity contribution in [2.75, 3.05) is 13.7 Å². The molecule has 1 heterocycles. The Morgan fingerprint density at radius 1 is 1.33 bits per heavy atom. The van der Waals surface area contributed by atoms with Gasteiger partial charge in [-0.1, -0.05) is 30.3 Å². The number of hydrogen-bond donors (Lipinski definition) is 3. The fourth-order valence-electron chi connectivity index (χ4n) is 2.14. The van der Waals surface area contributed by atoms with E-state index >= 15 is 0 Å². The number of methoxy groups -OCH3 is 1. The van der Waals surface area contributed by atoms with Gasteiger partial charge in [-0.05, 0) is 5.56 Å². The van der Waals surface area contributed by atoms with E-state index in [1.165, 1.54) is 7.11 Å². The van der Waals surface area contributed by atoms with Crippen molar-refractivity contribution in [3.8, 4) is 0 Å². The van der Waals surface area contributed by atoms with Crippen LogP contribution in [0.4, 0.5) is 0 Å². The second kappa shape index (κ2) is 6.26. The van der Waals surface area contributed by atoms with Crippen LogP contribution in [-0.4, -0.2) is 48.5 Å². The lowest BCUT2D eigenvalue weighted by Crippen LogP contribution is -2.59. The molecule has 5 nitrogen and oxygen atoms in total. The third-order valence-corrected chi connectivity index (χ3v) is 3.14. The number of hydrogen-bond acceptors (Lipinski definition) is 5. The van der Waals surface area contributed by atoms with Gasteiger partial charge in [0.2, 0.25) is 0 Å². The van der Waals surface area contributed by atoms with Crippen molar-refractivity contribution in [2.45, 2.75) is 31.1 Å². The first-order chi connectivity index (χ1) is 8.72. The molecule has 0 radical (unpaired) electrons. The molecule has 3 N–H and O–H groups in total. The summed E-state index contributed by atoms with van der Waals surface area (Å²) in [6.07, 6.45) is -2.27. The number of nitrogens with one attached hydrogen (secondary N) is 1. The van der Waals surface area contributed by atoms with Gasteiger partial charge in [-0.15, -0.1) is 0 Å². The lowest BCUT2D eigenvalue weighted by atomic mass is 10.0. The van der Waals surface area contributed by atoms with Crippen molar-refractivity contribution in [1.29, 1.82) is 0 Å². The maximum absolute atomic E-state index is 9.89. The zero-order valence-electron chi connectivity index (χ0n) is 10.3. The second-order valence-electron chi connectivity index (χ2n) is 4.38. The quantitative estimate of drug-likeness (QED) is 0.697. The molecule has 0 saturated carbocycles. The third kappa shape index (κ3) is 3.07. The smallest absolute Gasteiger partial charge is 0.182 e. The summed E-state index contributed by atoms with van der Waals surface area (Å²) in [7, 11) is 1.49. The van der Waals surface area contributed by atoms with E-state index in [0.29, 0.717) is 6.54 Å². The van der Waals surface area contributed by atoms with Crippen LogP contribution in [0, 0.1) is 0 Å². The molecule has 0 unspecified atom stereocenters. The predicted octanol–water partition coefficient (Wildman–Crippen LogP) is -0.131. The Kier molecular flexibility index (Phi) is 4.68. The van der Waals surface area contributed by atoms with Crippen molar-refractivity contribution in [3.63, 3.8) is 0 Å². The average Bonchev–Trinajstić information content (AvgIpc) is 2.41. The van der Waals surface area contributed by atoms with Crippen LogP contribution in [-0.2, 0) is 16.0 Å². The zero-order chi connectivity index (χ0) is 13.0. The normalized spacial score (nSPS) is 32.4. The number of aliphatic hydroxyl groups is 2. The van der Waals surface area contributed by atoms with Crippen molar-refractivity contribution in [1.82, 2.24) is 5.32 Å². The highest BCUT2D eigenvalue weighted by molar-refractivity contribution is 5.14. The first-order valence-corrected chi connectivity index (χ1v) is 6.00. The van der Waals surface area contributed by atoms with E-state index in [9.17, 15) is 10.2 Å². The number of aliphatic hydroxyl groups excluding tert-OH is 2. The van der Waals surface area contributed by atoms with Crippen molar-refractivity contribution in [3.05, 3.63) is 35.9 Å². The largest absolute Gasteiger partial charge is 0.389 e. The van der Waals surface area contributed by atoms with Gasteiger partial charge in [0.1, 0.15) is 6.10 Å². The summed E-state index contributed by atoms with van der Waals surface area (Å²) in [4.78, 5) is 0. The first kappa shape index (κ1) is 13.5. The molecule has 2 rings (SSSR count). The van der Waals surface area contributed by atoms with Gasteiger partial charge >= 0.3 is 0 Å². The van der Waals surface area contributed by atoms with Crippen LogP contribution >= 0.6 is 0 Å². The van der Waals surface area contributed by atoms with E-state index in [2.05, 4.69) is 5.32 Å². The monoisotopic (exact) mass is 253 g/mol. The summed E-state index contributed by atoms with van der Waals surface area (Å²) < 4.78 is 10.2. The molecule has 1 fully saturated rings. The molecule has 1 aliphatic rings. The van der Waals surface area contributed by atoms with Gasteiger partial charge in [0, 0.05) is 13.7 Å². The summed E-state index contributed by atoms with van der Waals surface area (Å²) in [6, 6.07) is 9.52. The molecule has 4 atom stereocenters. The van der Waals surface area contributed by atoms with Crippen molar-refractivity contribution in [2.24, 2.45) is 0 Å². The SMILES string of the molecule is CO[C@@H]1[C@@H](NCc2ccccc2)[C@H](O)CO[C@H]1O. The van der Waals surface area contributed by atoms with Crippen LogP contribution in [0.1, 0.15) is 5.56 Å². The van der Waals surface area contributed by atoms with Crippen LogP contribution in [0.15, 0.2) is 30.3 Å². The Bertz CT molecular complexity index is 359. The van der Waals surface area contributed by atoms with Gasteiger partial charge in [0.05, 0.1) is 18.8 Å². The maximum Gasteiger partial charge on any atom is 0.182 e. The van der Waals surface area contributed by atoms with Crippen molar-refractivity contribution < 1.29 is 19.7 Å². The average molecular weight is 253 g/mol. The molecule has 100 valence electrons. The zero-order valence-corrected chi connectivity index (χ0v) is 10.3. The van der Waals surface area contributed by atoms with Gasteiger partial charge in [0.25, 0.3) is 0 Å². The third-order valence-electron chi connectivity index (χ3n) is 3.14. The van der Waals surface area contributed by atoms with Crippen LogP contribution in [0.2, 0.25) is 0 Å². The molecular weight excluding hydrogens is 234 g/mol. The second-order valence-corrected chi connectivity index (χ2v) is 4.38. The van der Waals surface area contributed by atoms with E-state index < -0.39 is 18.5 Å². The van der Waals surface area contributed by atoms with Gasteiger partial charge in [-0.25, -0.2) is 0 Å². The van der Waals surface area contributed by atoms with Gasteiger partial charge in [-0.3, -0.25) is 0 Å². The van der Waals surface area contributed by atoms with E-state index in [0.717, 1.165) is 5.56 Å². The van der Waals surface area contributed by atoms with E-state index in [1.807, 2.05) is 30.3 Å². The highest BCUT2D eigenvalue weighted by Gasteiger charge is 2.38. The molecule has 0 spiro atoms. The minimum absolute atomic E-state index is 0.105. The molecule has 1 aliphatic heterocycles. The molecule has 18 heavy (non-hydrogen) atoms. The lowest BCUT2D eigenvalue weighted by molar-refractivity contribution is -0.231. The van der Waals surface area contributed by atoms with Gasteiger partial charge < -0.3 is 25.0 Å². The molecule has 0 aromatic heterocycles. The summed E-state index contributed by atoms with van der Waals surface area (Å²) in [5.41, 5.74) is 1.11. The van der Waals surface area contributed by atoms with Crippen LogP contribution < -0.4 is 5.32 Å². The fraction of sp³-hybridized carbons (Fsp3) is 0.538. The Morgan fingerprint density at radius 2 is 2.06 bits per heavy atom. The van der Waals surface area contributed by atoms with Crippen LogP contribution in [0.25, 0.3) is 0 Å². The Hall–Kier alpha value is -0.980.